The van der Waals surface area contributed by atoms with Crippen LogP contribution in [0.15, 0.2) is 82.8 Å². The predicted octanol–water partition coefficient (Wildman–Crippen LogP) is 6.23. The molecule has 3 aromatic rings. The SMILES string of the molecule is O=C1C(=O)N(c2cccc(C(F)(F)F)c2)[C@H](c2cccc(F)c2)C1=C(O)c1ccc(Br)cc1. The second-order valence-corrected chi connectivity index (χ2v) is 8.19. The van der Waals surface area contributed by atoms with Crippen molar-refractivity contribution in [2.75, 3.05) is 4.90 Å². The topological polar surface area (TPSA) is 57.6 Å². The van der Waals surface area contributed by atoms with Crippen molar-refractivity contribution in [1.29, 1.82) is 0 Å². The third-order valence-corrected chi connectivity index (χ3v) is 5.71. The zero-order chi connectivity index (χ0) is 23.9. The molecule has 0 spiro atoms. The van der Waals surface area contributed by atoms with Crippen LogP contribution < -0.4 is 4.90 Å². The van der Waals surface area contributed by atoms with Crippen molar-refractivity contribution in [3.8, 4) is 0 Å². The van der Waals surface area contributed by atoms with Gasteiger partial charge < -0.3 is 5.11 Å². The Morgan fingerprint density at radius 2 is 1.61 bits per heavy atom. The fourth-order valence-electron chi connectivity index (χ4n) is 3.69. The van der Waals surface area contributed by atoms with Crippen LogP contribution in [0.3, 0.4) is 0 Å². The zero-order valence-electron chi connectivity index (χ0n) is 16.6. The highest BCUT2D eigenvalue weighted by atomic mass is 79.9. The Bertz CT molecular complexity index is 1290. The van der Waals surface area contributed by atoms with E-state index in [2.05, 4.69) is 15.9 Å². The van der Waals surface area contributed by atoms with Crippen LogP contribution >= 0.6 is 15.9 Å². The number of ketones is 1. The van der Waals surface area contributed by atoms with Gasteiger partial charge in [0.25, 0.3) is 11.7 Å². The summed E-state index contributed by atoms with van der Waals surface area (Å²) in [4.78, 5) is 26.8. The highest BCUT2D eigenvalue weighted by Gasteiger charge is 2.47. The molecule has 0 aromatic heterocycles. The van der Waals surface area contributed by atoms with Gasteiger partial charge in [-0.25, -0.2) is 4.39 Å². The van der Waals surface area contributed by atoms with Crippen molar-refractivity contribution < 1.29 is 32.3 Å². The van der Waals surface area contributed by atoms with Gasteiger partial charge in [0.1, 0.15) is 11.6 Å². The summed E-state index contributed by atoms with van der Waals surface area (Å²) in [6, 6.07) is 13.8. The lowest BCUT2D eigenvalue weighted by Gasteiger charge is -2.26. The number of carbonyl (C=O) groups is 2. The van der Waals surface area contributed by atoms with Gasteiger partial charge in [-0.3, -0.25) is 14.5 Å². The molecular weight excluding hydrogens is 506 g/mol. The first-order valence-corrected chi connectivity index (χ1v) is 10.4. The fourth-order valence-corrected chi connectivity index (χ4v) is 3.95. The van der Waals surface area contributed by atoms with Crippen LogP contribution in [-0.2, 0) is 15.8 Å². The van der Waals surface area contributed by atoms with Gasteiger partial charge in [0.05, 0.1) is 17.2 Å². The maximum atomic E-state index is 14.0. The van der Waals surface area contributed by atoms with E-state index in [1.807, 2.05) is 0 Å². The van der Waals surface area contributed by atoms with Gasteiger partial charge in [-0.1, -0.05) is 46.3 Å². The van der Waals surface area contributed by atoms with E-state index in [-0.39, 0.29) is 22.4 Å². The number of benzene rings is 3. The van der Waals surface area contributed by atoms with Crippen LogP contribution in [0.25, 0.3) is 5.76 Å². The normalized spacial score (nSPS) is 18.1. The summed E-state index contributed by atoms with van der Waals surface area (Å²) >= 11 is 3.26. The molecule has 1 aliphatic heterocycles. The minimum Gasteiger partial charge on any atom is -0.507 e. The number of Topliss-reactive ketones (excluding diaryl/α,β-unsaturated/α-hetero) is 1. The molecule has 4 rings (SSSR count). The second kappa shape index (κ2) is 8.47. The molecule has 1 aliphatic rings. The average Bonchev–Trinajstić information content (AvgIpc) is 3.04. The number of aliphatic hydroxyl groups is 1. The lowest BCUT2D eigenvalue weighted by Crippen LogP contribution is -2.29. The van der Waals surface area contributed by atoms with E-state index in [4.69, 9.17) is 0 Å². The van der Waals surface area contributed by atoms with Gasteiger partial charge in [0.2, 0.25) is 0 Å². The number of hydrogen-bond donors (Lipinski definition) is 1. The minimum atomic E-state index is -4.69. The number of aliphatic hydroxyl groups excluding tert-OH is 1. The van der Waals surface area contributed by atoms with E-state index in [0.29, 0.717) is 4.47 Å². The smallest absolute Gasteiger partial charge is 0.416 e. The summed E-state index contributed by atoms with van der Waals surface area (Å²) in [7, 11) is 0. The van der Waals surface area contributed by atoms with Crippen molar-refractivity contribution in [2.45, 2.75) is 12.2 Å². The van der Waals surface area contributed by atoms with Gasteiger partial charge in [-0.15, -0.1) is 0 Å². The Kier molecular flexibility index (Phi) is 5.84. The van der Waals surface area contributed by atoms with Gasteiger partial charge in [0.15, 0.2) is 0 Å². The van der Waals surface area contributed by atoms with Crippen LogP contribution in [0.4, 0.5) is 23.2 Å². The average molecular weight is 520 g/mol. The summed E-state index contributed by atoms with van der Waals surface area (Å²) < 4.78 is 54.6. The number of nitrogens with zero attached hydrogens (tertiary/aromatic N) is 1. The summed E-state index contributed by atoms with van der Waals surface area (Å²) in [5.74, 6) is -3.43. The third-order valence-electron chi connectivity index (χ3n) is 5.18. The van der Waals surface area contributed by atoms with Gasteiger partial charge in [0, 0.05) is 15.7 Å². The van der Waals surface area contributed by atoms with Crippen LogP contribution in [-0.4, -0.2) is 16.8 Å². The van der Waals surface area contributed by atoms with E-state index in [0.717, 1.165) is 35.2 Å². The van der Waals surface area contributed by atoms with Crippen molar-refractivity contribution in [1.82, 2.24) is 0 Å². The Balaban J connectivity index is 1.95. The number of carbonyl (C=O) groups excluding carboxylic acids is 2. The molecular formula is C24H14BrF4NO3. The highest BCUT2D eigenvalue weighted by molar-refractivity contribution is 9.10. The first-order chi connectivity index (χ1) is 15.6. The minimum absolute atomic E-state index is 0.116. The lowest BCUT2D eigenvalue weighted by atomic mass is 9.95. The molecule has 1 fully saturated rings. The number of anilines is 1. The first-order valence-electron chi connectivity index (χ1n) is 9.57. The van der Waals surface area contributed by atoms with Crippen LogP contribution in [0.5, 0.6) is 0 Å². The molecule has 0 saturated carbocycles. The second-order valence-electron chi connectivity index (χ2n) is 7.28. The van der Waals surface area contributed by atoms with E-state index in [1.165, 1.54) is 30.3 Å². The standard InChI is InChI=1S/C24H14BrF4NO3/c25-16-9-7-13(8-10-16)21(31)19-20(14-3-1-5-17(26)11-14)30(23(33)22(19)32)18-6-2-4-15(12-18)24(27,28)29/h1-12,20,31H/t20-/m1/s1. The summed E-state index contributed by atoms with van der Waals surface area (Å²) in [6.07, 6.45) is -4.69. The monoisotopic (exact) mass is 519 g/mol. The number of amides is 1. The molecule has 1 amide bonds. The van der Waals surface area contributed by atoms with Crippen LogP contribution in [0.2, 0.25) is 0 Å². The Morgan fingerprint density at radius 1 is 0.939 bits per heavy atom. The number of alkyl halides is 3. The van der Waals surface area contributed by atoms with Crippen molar-refractivity contribution >= 4 is 39.1 Å². The van der Waals surface area contributed by atoms with Gasteiger partial charge >= 0.3 is 6.18 Å². The van der Waals surface area contributed by atoms with Crippen molar-refractivity contribution in [2.24, 2.45) is 0 Å². The van der Waals surface area contributed by atoms with Gasteiger partial charge in [-0.05, 0) is 48.0 Å². The van der Waals surface area contributed by atoms with Crippen LogP contribution in [0.1, 0.15) is 22.7 Å². The largest absolute Gasteiger partial charge is 0.507 e. The van der Waals surface area contributed by atoms with Crippen LogP contribution in [0, 0.1) is 5.82 Å². The van der Waals surface area contributed by atoms with Gasteiger partial charge in [-0.2, -0.15) is 13.2 Å². The molecule has 33 heavy (non-hydrogen) atoms. The zero-order valence-corrected chi connectivity index (χ0v) is 18.2. The Labute approximate surface area is 193 Å². The maximum Gasteiger partial charge on any atom is 0.416 e. The molecule has 0 radical (unpaired) electrons. The first kappa shape index (κ1) is 22.7. The Hall–Kier alpha value is -3.46. The summed E-state index contributed by atoms with van der Waals surface area (Å²) in [5, 5.41) is 10.9. The van der Waals surface area contributed by atoms with E-state index >= 15 is 0 Å². The number of halogens is 5. The highest BCUT2D eigenvalue weighted by Crippen LogP contribution is 2.43. The fraction of sp³-hybridized carbons (Fsp3) is 0.0833. The summed E-state index contributed by atoms with van der Waals surface area (Å²) in [5.41, 5.74) is -1.26. The molecule has 0 unspecified atom stereocenters. The van der Waals surface area contributed by atoms with E-state index in [1.54, 1.807) is 12.1 Å². The van der Waals surface area contributed by atoms with E-state index < -0.39 is 41.0 Å². The Morgan fingerprint density at radius 3 is 2.24 bits per heavy atom. The molecule has 4 nitrogen and oxygen atoms in total. The molecule has 0 bridgehead atoms. The quantitative estimate of drug-likeness (QED) is 0.193. The summed E-state index contributed by atoms with van der Waals surface area (Å²) in [6.45, 7) is 0. The maximum absolute atomic E-state index is 14.0. The predicted molar refractivity (Wildman–Crippen MR) is 117 cm³/mol. The van der Waals surface area contributed by atoms with E-state index in [9.17, 15) is 32.3 Å². The lowest BCUT2D eigenvalue weighted by molar-refractivity contribution is -0.137. The third kappa shape index (κ3) is 4.28. The molecule has 1 N–H and O–H groups in total. The molecule has 1 saturated heterocycles. The molecule has 9 heteroatoms. The molecule has 3 aromatic carbocycles. The molecule has 1 atom stereocenters. The molecule has 0 aliphatic carbocycles. The number of rotatable bonds is 3. The van der Waals surface area contributed by atoms with Crippen molar-refractivity contribution in [3.05, 3.63) is 105 Å². The van der Waals surface area contributed by atoms with Crippen molar-refractivity contribution in [3.63, 3.8) is 0 Å². The number of hydrogen-bond acceptors (Lipinski definition) is 3. The molecule has 168 valence electrons. The molecule has 1 heterocycles.